The van der Waals surface area contributed by atoms with Crippen LogP contribution in [0.5, 0.6) is 0 Å². The van der Waals surface area contributed by atoms with E-state index in [9.17, 15) is 0 Å². The molecule has 0 amide bonds. The third-order valence-electron chi connectivity index (χ3n) is 2.59. The van der Waals surface area contributed by atoms with Gasteiger partial charge in [0.05, 0.1) is 6.07 Å². The number of anilines is 1. The van der Waals surface area contributed by atoms with Gasteiger partial charge in [-0.1, -0.05) is 6.92 Å². The zero-order chi connectivity index (χ0) is 12.0. The normalized spacial score (nSPS) is 12.1. The van der Waals surface area contributed by atoms with Crippen molar-refractivity contribution in [2.24, 2.45) is 0 Å². The third-order valence-corrected chi connectivity index (χ3v) is 2.59. The molecule has 0 aliphatic heterocycles. The summed E-state index contributed by atoms with van der Waals surface area (Å²) in [6, 6.07) is 2.12. The van der Waals surface area contributed by atoms with Crippen LogP contribution in [-0.2, 0) is 0 Å². The minimum absolute atomic E-state index is 0.150. The molecule has 0 aliphatic carbocycles. The van der Waals surface area contributed by atoms with E-state index in [2.05, 4.69) is 30.1 Å². The average molecular weight is 222 g/mol. The summed E-state index contributed by atoms with van der Waals surface area (Å²) in [6.45, 7) is 7.83. The molecule has 5 nitrogen and oxygen atoms in total. The molecule has 0 spiro atoms. The molecule has 16 heavy (non-hydrogen) atoms. The maximum Gasteiger partial charge on any atom is 0.266 e. The van der Waals surface area contributed by atoms with E-state index in [1.165, 1.54) is 0 Å². The number of hydrogen-bond acceptors (Lipinski definition) is 5. The molecule has 0 saturated heterocycles. The van der Waals surface area contributed by atoms with E-state index in [-0.39, 0.29) is 5.92 Å². The molecule has 88 valence electrons. The zero-order valence-electron chi connectivity index (χ0n) is 10.1. The van der Waals surface area contributed by atoms with Crippen LogP contribution in [-0.4, -0.2) is 23.2 Å². The molecule has 0 saturated carbocycles. The summed E-state index contributed by atoms with van der Waals surface area (Å²) in [4.78, 5) is 6.38. The van der Waals surface area contributed by atoms with E-state index in [1.807, 2.05) is 11.8 Å². The van der Waals surface area contributed by atoms with Crippen molar-refractivity contribution in [1.29, 1.82) is 5.26 Å². The Bertz CT molecular complexity index is 351. The molecule has 1 aromatic rings. The zero-order valence-corrected chi connectivity index (χ0v) is 10.1. The summed E-state index contributed by atoms with van der Waals surface area (Å²) in [5.41, 5.74) is 0. The van der Waals surface area contributed by atoms with Gasteiger partial charge in [0.25, 0.3) is 5.95 Å². The fraction of sp³-hybridized carbons (Fsp3) is 0.727. The van der Waals surface area contributed by atoms with Gasteiger partial charge in [0.15, 0.2) is 0 Å². The smallest absolute Gasteiger partial charge is 0.266 e. The van der Waals surface area contributed by atoms with Gasteiger partial charge >= 0.3 is 0 Å². The van der Waals surface area contributed by atoms with E-state index < -0.39 is 0 Å². The Morgan fingerprint density at radius 3 is 2.69 bits per heavy atom. The van der Waals surface area contributed by atoms with Gasteiger partial charge < -0.3 is 9.42 Å². The number of aromatic nitrogens is 2. The van der Waals surface area contributed by atoms with E-state index in [0.29, 0.717) is 18.3 Å². The maximum absolute atomic E-state index is 8.51. The van der Waals surface area contributed by atoms with Crippen LogP contribution in [0, 0.1) is 11.3 Å². The van der Waals surface area contributed by atoms with Gasteiger partial charge in [-0.3, -0.25) is 0 Å². The van der Waals surface area contributed by atoms with Crippen molar-refractivity contribution in [3.63, 3.8) is 0 Å². The summed E-state index contributed by atoms with van der Waals surface area (Å²) in [6.07, 6.45) is 1.28. The van der Waals surface area contributed by atoms with Crippen molar-refractivity contribution in [2.45, 2.75) is 39.5 Å². The van der Waals surface area contributed by atoms with Crippen LogP contribution < -0.4 is 4.90 Å². The highest BCUT2D eigenvalue weighted by molar-refractivity contribution is 5.27. The summed E-state index contributed by atoms with van der Waals surface area (Å²) in [5.74, 6) is 1.41. The molecule has 0 aromatic carbocycles. The van der Waals surface area contributed by atoms with Gasteiger partial charge in [-0.05, 0) is 25.4 Å². The van der Waals surface area contributed by atoms with Gasteiger partial charge in [0.2, 0.25) is 5.89 Å². The molecule has 0 aliphatic rings. The van der Waals surface area contributed by atoms with E-state index >= 15 is 0 Å². The first-order valence-corrected chi connectivity index (χ1v) is 5.68. The molecule has 0 radical (unpaired) electrons. The second-order valence-corrected chi connectivity index (χ2v) is 3.70. The first kappa shape index (κ1) is 12.5. The monoisotopic (exact) mass is 222 g/mol. The van der Waals surface area contributed by atoms with Crippen molar-refractivity contribution in [3.8, 4) is 6.07 Å². The fourth-order valence-electron chi connectivity index (χ4n) is 1.47. The lowest BCUT2D eigenvalue weighted by Crippen LogP contribution is -2.23. The van der Waals surface area contributed by atoms with E-state index in [0.717, 1.165) is 19.5 Å². The Kier molecular flexibility index (Phi) is 4.77. The third kappa shape index (κ3) is 2.96. The summed E-state index contributed by atoms with van der Waals surface area (Å²) in [5, 5.41) is 12.5. The Labute approximate surface area is 96.1 Å². The van der Waals surface area contributed by atoms with Crippen LogP contribution in [0.2, 0.25) is 0 Å². The van der Waals surface area contributed by atoms with Crippen molar-refractivity contribution in [3.05, 3.63) is 5.89 Å². The van der Waals surface area contributed by atoms with Crippen LogP contribution in [0.25, 0.3) is 0 Å². The standard InChI is InChI=1S/C11H18N4O/c1-4-15(5-2)11-13-10(16-14-11)9(3)7-6-8-12/h9H,4-7H2,1-3H3. The average Bonchev–Trinajstić information content (AvgIpc) is 2.77. The van der Waals surface area contributed by atoms with Crippen LogP contribution in [0.15, 0.2) is 4.52 Å². The van der Waals surface area contributed by atoms with Crippen molar-refractivity contribution < 1.29 is 4.52 Å². The minimum Gasteiger partial charge on any atom is -0.339 e. The van der Waals surface area contributed by atoms with Gasteiger partial charge in [-0.25, -0.2) is 0 Å². The van der Waals surface area contributed by atoms with Crippen LogP contribution in [0.4, 0.5) is 5.95 Å². The van der Waals surface area contributed by atoms with Crippen LogP contribution >= 0.6 is 0 Å². The fourth-order valence-corrected chi connectivity index (χ4v) is 1.47. The minimum atomic E-state index is 0.150. The molecule has 1 heterocycles. The largest absolute Gasteiger partial charge is 0.339 e. The molecule has 0 fully saturated rings. The SMILES string of the molecule is CCN(CC)c1noc(C(C)CCC#N)n1. The van der Waals surface area contributed by atoms with Crippen LogP contribution in [0.1, 0.15) is 45.4 Å². The molecule has 1 atom stereocenters. The lowest BCUT2D eigenvalue weighted by molar-refractivity contribution is 0.354. The van der Waals surface area contributed by atoms with Gasteiger partial charge in [-0.2, -0.15) is 10.2 Å². The molecular weight excluding hydrogens is 204 g/mol. The molecule has 1 rings (SSSR count). The molecule has 1 unspecified atom stereocenters. The molecular formula is C11H18N4O. The Morgan fingerprint density at radius 1 is 1.44 bits per heavy atom. The molecule has 5 heteroatoms. The highest BCUT2D eigenvalue weighted by atomic mass is 16.5. The highest BCUT2D eigenvalue weighted by Gasteiger charge is 2.16. The quantitative estimate of drug-likeness (QED) is 0.739. The second-order valence-electron chi connectivity index (χ2n) is 3.70. The summed E-state index contributed by atoms with van der Waals surface area (Å²) < 4.78 is 5.20. The van der Waals surface area contributed by atoms with Crippen LogP contribution in [0.3, 0.4) is 0 Å². The Hall–Kier alpha value is -1.57. The maximum atomic E-state index is 8.51. The molecule has 0 N–H and O–H groups in total. The molecule has 1 aromatic heterocycles. The first-order valence-electron chi connectivity index (χ1n) is 5.68. The highest BCUT2D eigenvalue weighted by Crippen LogP contribution is 2.20. The van der Waals surface area contributed by atoms with E-state index in [1.54, 1.807) is 0 Å². The number of rotatable bonds is 6. The van der Waals surface area contributed by atoms with E-state index in [4.69, 9.17) is 9.78 Å². The second kappa shape index (κ2) is 6.11. The number of nitriles is 1. The summed E-state index contributed by atoms with van der Waals surface area (Å²) in [7, 11) is 0. The predicted octanol–water partition coefficient (Wildman–Crippen LogP) is 2.32. The lowest BCUT2D eigenvalue weighted by atomic mass is 10.1. The van der Waals surface area contributed by atoms with Crippen molar-refractivity contribution >= 4 is 5.95 Å². The van der Waals surface area contributed by atoms with Crippen molar-refractivity contribution in [1.82, 2.24) is 10.1 Å². The van der Waals surface area contributed by atoms with Crippen molar-refractivity contribution in [2.75, 3.05) is 18.0 Å². The summed E-state index contributed by atoms with van der Waals surface area (Å²) >= 11 is 0. The first-order chi connectivity index (χ1) is 7.72. The van der Waals surface area contributed by atoms with Gasteiger partial charge in [0, 0.05) is 25.4 Å². The lowest BCUT2D eigenvalue weighted by Gasteiger charge is -2.14. The number of hydrogen-bond donors (Lipinski definition) is 0. The molecule has 0 bridgehead atoms. The van der Waals surface area contributed by atoms with Gasteiger partial charge in [0.1, 0.15) is 0 Å². The Balaban J connectivity index is 2.67. The topological polar surface area (TPSA) is 66.0 Å². The number of nitrogens with zero attached hydrogens (tertiary/aromatic N) is 4. The Morgan fingerprint density at radius 2 is 2.12 bits per heavy atom. The predicted molar refractivity (Wildman–Crippen MR) is 61.1 cm³/mol. The van der Waals surface area contributed by atoms with Gasteiger partial charge in [-0.15, -0.1) is 0 Å².